The van der Waals surface area contributed by atoms with Crippen LogP contribution in [-0.2, 0) is 9.59 Å². The second kappa shape index (κ2) is 6.42. The van der Waals surface area contributed by atoms with Crippen molar-refractivity contribution >= 4 is 34.8 Å². The van der Waals surface area contributed by atoms with Gasteiger partial charge in [0.15, 0.2) is 0 Å². The molecule has 0 aliphatic carbocycles. The molecule has 1 saturated heterocycles. The Kier molecular flexibility index (Phi) is 4.35. The quantitative estimate of drug-likeness (QED) is 0.935. The van der Waals surface area contributed by atoms with E-state index in [4.69, 9.17) is 11.6 Å². The third-order valence-corrected chi connectivity index (χ3v) is 4.21. The van der Waals surface area contributed by atoms with Crippen molar-refractivity contribution in [1.29, 1.82) is 0 Å². The highest BCUT2D eigenvalue weighted by molar-refractivity contribution is 6.30. The Morgan fingerprint density at radius 1 is 1.13 bits per heavy atom. The van der Waals surface area contributed by atoms with Crippen LogP contribution in [0.3, 0.4) is 0 Å². The van der Waals surface area contributed by atoms with Crippen molar-refractivity contribution in [2.45, 2.75) is 13.3 Å². The summed E-state index contributed by atoms with van der Waals surface area (Å²) in [6.45, 7) is 2.40. The minimum atomic E-state index is -0.348. The number of carbonyl (C=O) groups excluding carboxylic acids is 2. The first kappa shape index (κ1) is 15.6. The van der Waals surface area contributed by atoms with E-state index in [2.05, 4.69) is 5.32 Å². The minimum absolute atomic E-state index is 0.0230. The molecule has 1 atom stereocenters. The van der Waals surface area contributed by atoms with E-state index in [1.54, 1.807) is 29.2 Å². The van der Waals surface area contributed by atoms with Gasteiger partial charge in [-0.2, -0.15) is 0 Å². The first-order valence-corrected chi connectivity index (χ1v) is 7.84. The summed E-state index contributed by atoms with van der Waals surface area (Å²) in [6, 6.07) is 14.7. The Morgan fingerprint density at radius 2 is 1.78 bits per heavy atom. The summed E-state index contributed by atoms with van der Waals surface area (Å²) in [7, 11) is 0. The van der Waals surface area contributed by atoms with Crippen molar-refractivity contribution in [1.82, 2.24) is 0 Å². The molecule has 1 heterocycles. The SMILES string of the molecule is Cc1ccc(N2C[C@H](C(=O)Nc3ccc(Cl)cc3)CC2=O)cc1. The average molecular weight is 329 g/mol. The third-order valence-electron chi connectivity index (χ3n) is 3.95. The van der Waals surface area contributed by atoms with Gasteiger partial charge in [-0.25, -0.2) is 0 Å². The molecule has 0 radical (unpaired) electrons. The first-order chi connectivity index (χ1) is 11.0. The van der Waals surface area contributed by atoms with Gasteiger partial charge in [-0.1, -0.05) is 29.3 Å². The summed E-state index contributed by atoms with van der Waals surface area (Å²) in [5.41, 5.74) is 2.65. The number of carbonyl (C=O) groups is 2. The van der Waals surface area contributed by atoms with Crippen LogP contribution in [0.5, 0.6) is 0 Å². The summed E-state index contributed by atoms with van der Waals surface area (Å²) in [6.07, 6.45) is 0.229. The molecule has 1 N–H and O–H groups in total. The van der Waals surface area contributed by atoms with Gasteiger partial charge >= 0.3 is 0 Å². The molecule has 0 unspecified atom stereocenters. The summed E-state index contributed by atoms with van der Waals surface area (Å²) in [5, 5.41) is 3.45. The Hall–Kier alpha value is -2.33. The van der Waals surface area contributed by atoms with Gasteiger partial charge in [0, 0.05) is 29.4 Å². The lowest BCUT2D eigenvalue weighted by atomic mass is 10.1. The number of amides is 2. The van der Waals surface area contributed by atoms with Crippen LogP contribution in [-0.4, -0.2) is 18.4 Å². The van der Waals surface area contributed by atoms with Crippen molar-refractivity contribution < 1.29 is 9.59 Å². The van der Waals surface area contributed by atoms with Crippen LogP contribution in [0.1, 0.15) is 12.0 Å². The second-order valence-corrected chi connectivity index (χ2v) is 6.17. The van der Waals surface area contributed by atoms with Crippen molar-refractivity contribution in [2.75, 3.05) is 16.8 Å². The number of hydrogen-bond acceptors (Lipinski definition) is 2. The number of nitrogens with zero attached hydrogens (tertiary/aromatic N) is 1. The predicted molar refractivity (Wildman–Crippen MR) is 91.7 cm³/mol. The maximum atomic E-state index is 12.4. The molecule has 23 heavy (non-hydrogen) atoms. The molecular formula is C18H17ClN2O2. The summed E-state index contributed by atoms with van der Waals surface area (Å²) in [5.74, 6) is -0.514. The molecule has 118 valence electrons. The average Bonchev–Trinajstić information content (AvgIpc) is 2.92. The second-order valence-electron chi connectivity index (χ2n) is 5.74. The van der Waals surface area contributed by atoms with Gasteiger partial charge in [0.2, 0.25) is 11.8 Å². The molecule has 2 aromatic rings. The van der Waals surface area contributed by atoms with Crippen LogP contribution >= 0.6 is 11.6 Å². The van der Waals surface area contributed by atoms with Crippen LogP contribution in [0, 0.1) is 12.8 Å². The van der Waals surface area contributed by atoms with Crippen LogP contribution in [0.15, 0.2) is 48.5 Å². The van der Waals surface area contributed by atoms with E-state index in [1.807, 2.05) is 31.2 Å². The molecule has 4 nitrogen and oxygen atoms in total. The zero-order chi connectivity index (χ0) is 16.4. The Morgan fingerprint density at radius 3 is 2.43 bits per heavy atom. The number of hydrogen-bond donors (Lipinski definition) is 1. The summed E-state index contributed by atoms with van der Waals surface area (Å²) in [4.78, 5) is 26.2. The molecule has 2 aromatic carbocycles. The molecule has 1 fully saturated rings. The van der Waals surface area contributed by atoms with Gasteiger partial charge in [-0.05, 0) is 43.3 Å². The zero-order valence-corrected chi connectivity index (χ0v) is 13.5. The third kappa shape index (κ3) is 3.54. The lowest BCUT2D eigenvalue weighted by Gasteiger charge is -2.17. The van der Waals surface area contributed by atoms with E-state index < -0.39 is 0 Å². The van der Waals surface area contributed by atoms with Gasteiger partial charge in [0.05, 0.1) is 5.92 Å². The van der Waals surface area contributed by atoms with Crippen molar-refractivity contribution in [3.05, 3.63) is 59.1 Å². The molecule has 0 saturated carbocycles. The molecule has 0 spiro atoms. The van der Waals surface area contributed by atoms with Crippen molar-refractivity contribution in [3.63, 3.8) is 0 Å². The van der Waals surface area contributed by atoms with Crippen LogP contribution < -0.4 is 10.2 Å². The van der Waals surface area contributed by atoms with Crippen molar-refractivity contribution in [3.8, 4) is 0 Å². The number of aryl methyl sites for hydroxylation is 1. The topological polar surface area (TPSA) is 49.4 Å². The highest BCUT2D eigenvalue weighted by Gasteiger charge is 2.35. The van der Waals surface area contributed by atoms with Gasteiger partial charge in [-0.15, -0.1) is 0 Å². The van der Waals surface area contributed by atoms with Crippen molar-refractivity contribution in [2.24, 2.45) is 5.92 Å². The predicted octanol–water partition coefficient (Wildman–Crippen LogP) is 3.64. The highest BCUT2D eigenvalue weighted by atomic mass is 35.5. The maximum Gasteiger partial charge on any atom is 0.229 e. The smallest absolute Gasteiger partial charge is 0.229 e. The molecule has 1 aliphatic heterocycles. The highest BCUT2D eigenvalue weighted by Crippen LogP contribution is 2.26. The van der Waals surface area contributed by atoms with Crippen LogP contribution in [0.25, 0.3) is 0 Å². The monoisotopic (exact) mass is 328 g/mol. The summed E-state index contributed by atoms with van der Waals surface area (Å²) < 4.78 is 0. The van der Waals surface area contributed by atoms with E-state index >= 15 is 0 Å². The Balaban J connectivity index is 1.68. The molecule has 5 heteroatoms. The molecule has 1 aliphatic rings. The van der Waals surface area contributed by atoms with E-state index in [9.17, 15) is 9.59 Å². The Labute approximate surface area is 140 Å². The minimum Gasteiger partial charge on any atom is -0.326 e. The van der Waals surface area contributed by atoms with Crippen LogP contribution in [0.4, 0.5) is 11.4 Å². The fraction of sp³-hybridized carbons (Fsp3) is 0.222. The standard InChI is InChI=1S/C18H17ClN2O2/c1-12-2-8-16(9-3-12)21-11-13(10-17(21)22)18(23)20-15-6-4-14(19)5-7-15/h2-9,13H,10-11H2,1H3,(H,20,23)/t13-/m1/s1. The number of halogens is 1. The van der Waals surface area contributed by atoms with Gasteiger partial charge in [0.25, 0.3) is 0 Å². The molecule has 0 bridgehead atoms. The number of anilines is 2. The number of benzene rings is 2. The number of rotatable bonds is 3. The zero-order valence-electron chi connectivity index (χ0n) is 12.8. The van der Waals surface area contributed by atoms with Gasteiger partial charge < -0.3 is 10.2 Å². The Bertz CT molecular complexity index is 726. The molecule has 0 aromatic heterocycles. The lowest BCUT2D eigenvalue weighted by molar-refractivity contribution is -0.122. The van der Waals surface area contributed by atoms with Crippen LogP contribution in [0.2, 0.25) is 5.02 Å². The summed E-state index contributed by atoms with van der Waals surface area (Å²) >= 11 is 5.83. The first-order valence-electron chi connectivity index (χ1n) is 7.46. The van der Waals surface area contributed by atoms with E-state index in [1.165, 1.54) is 0 Å². The normalized spacial score (nSPS) is 17.4. The number of nitrogens with one attached hydrogen (secondary N) is 1. The molecule has 3 rings (SSSR count). The molecule has 2 amide bonds. The fourth-order valence-electron chi connectivity index (χ4n) is 2.63. The molecular weight excluding hydrogens is 312 g/mol. The van der Waals surface area contributed by atoms with E-state index in [0.717, 1.165) is 11.3 Å². The van der Waals surface area contributed by atoms with Gasteiger partial charge in [0.1, 0.15) is 0 Å². The largest absolute Gasteiger partial charge is 0.326 e. The maximum absolute atomic E-state index is 12.4. The fourth-order valence-corrected chi connectivity index (χ4v) is 2.76. The van der Waals surface area contributed by atoms with E-state index in [0.29, 0.717) is 17.3 Å². The lowest BCUT2D eigenvalue weighted by Crippen LogP contribution is -2.28. The van der Waals surface area contributed by atoms with Gasteiger partial charge in [-0.3, -0.25) is 9.59 Å². The van der Waals surface area contributed by atoms with E-state index in [-0.39, 0.29) is 24.2 Å².